The van der Waals surface area contributed by atoms with Crippen LogP contribution in [0.1, 0.15) is 67.3 Å². The summed E-state index contributed by atoms with van der Waals surface area (Å²) in [5.41, 5.74) is 7.88. The summed E-state index contributed by atoms with van der Waals surface area (Å²) in [6.07, 6.45) is 5.50. The number of ether oxygens (including phenoxy) is 1. The Morgan fingerprint density at radius 1 is 1.26 bits per heavy atom. The van der Waals surface area contributed by atoms with E-state index in [-0.39, 0.29) is 18.2 Å². The summed E-state index contributed by atoms with van der Waals surface area (Å²) < 4.78 is 5.54. The number of primary amides is 1. The minimum Gasteiger partial charge on any atom is -0.481 e. The first kappa shape index (κ1) is 19.1. The van der Waals surface area contributed by atoms with Gasteiger partial charge in [0.25, 0.3) is 0 Å². The van der Waals surface area contributed by atoms with Crippen LogP contribution in [0.15, 0.2) is 18.2 Å². The summed E-state index contributed by atoms with van der Waals surface area (Å²) >= 11 is 0. The first-order valence-corrected chi connectivity index (χ1v) is 9.37. The van der Waals surface area contributed by atoms with Crippen molar-refractivity contribution in [3.05, 3.63) is 29.3 Å². The van der Waals surface area contributed by atoms with E-state index in [9.17, 15) is 9.59 Å². The molecule has 0 unspecified atom stereocenters. The minimum atomic E-state index is -0.564. The molecule has 0 spiro atoms. The van der Waals surface area contributed by atoms with Gasteiger partial charge in [-0.1, -0.05) is 32.3 Å². The van der Waals surface area contributed by atoms with Gasteiger partial charge < -0.3 is 10.5 Å². The molecule has 1 aromatic heterocycles. The second kappa shape index (κ2) is 7.92. The van der Waals surface area contributed by atoms with Crippen LogP contribution in [0, 0.1) is 0 Å². The molecule has 2 amide bonds. The quantitative estimate of drug-likeness (QED) is 0.477. The number of carbonyl (C=O) groups excluding carboxylic acids is 2. The Hall–Kier alpha value is -2.67. The lowest BCUT2D eigenvalue weighted by Gasteiger charge is -2.27. The predicted octanol–water partition coefficient (Wildman–Crippen LogP) is 3.01. The molecule has 7 heteroatoms. The molecular weight excluding hydrogens is 344 g/mol. The van der Waals surface area contributed by atoms with Crippen molar-refractivity contribution in [2.24, 2.45) is 11.6 Å². The van der Waals surface area contributed by atoms with Gasteiger partial charge in [-0.05, 0) is 30.9 Å². The van der Waals surface area contributed by atoms with E-state index in [4.69, 9.17) is 16.3 Å². The number of nitrogens with two attached hydrogens (primary N) is 2. The average Bonchev–Trinajstić information content (AvgIpc) is 2.71. The van der Waals surface area contributed by atoms with E-state index >= 15 is 0 Å². The highest BCUT2D eigenvalue weighted by Crippen LogP contribution is 2.42. The largest absolute Gasteiger partial charge is 0.481 e. The van der Waals surface area contributed by atoms with Crippen LogP contribution in [0.5, 0.6) is 5.88 Å². The third-order valence-electron chi connectivity index (χ3n) is 5.28. The van der Waals surface area contributed by atoms with Gasteiger partial charge in [-0.15, -0.1) is 0 Å². The molecule has 1 fully saturated rings. The topological polar surface area (TPSA) is 112 Å². The zero-order valence-corrected chi connectivity index (χ0v) is 15.8. The molecule has 4 N–H and O–H groups in total. The van der Waals surface area contributed by atoms with Crippen molar-refractivity contribution in [2.45, 2.75) is 51.4 Å². The fourth-order valence-electron chi connectivity index (χ4n) is 3.98. The van der Waals surface area contributed by atoms with Crippen LogP contribution in [0.2, 0.25) is 0 Å². The molecule has 144 valence electrons. The van der Waals surface area contributed by atoms with Gasteiger partial charge in [0.15, 0.2) is 0 Å². The summed E-state index contributed by atoms with van der Waals surface area (Å²) in [6.45, 7) is 1.73. The number of rotatable bonds is 5. The number of hydrogen-bond acceptors (Lipinski definition) is 5. The summed E-state index contributed by atoms with van der Waals surface area (Å²) in [5.74, 6) is 5.81. The Kier molecular flexibility index (Phi) is 5.60. The van der Waals surface area contributed by atoms with Crippen molar-refractivity contribution in [3.63, 3.8) is 0 Å². The summed E-state index contributed by atoms with van der Waals surface area (Å²) in [6, 6.07) is 5.22. The number of benzene rings is 1. The Labute approximate surface area is 158 Å². The highest BCUT2D eigenvalue weighted by molar-refractivity contribution is 6.14. The highest BCUT2D eigenvalue weighted by Gasteiger charge is 2.29. The van der Waals surface area contributed by atoms with Gasteiger partial charge in [0, 0.05) is 17.4 Å². The molecule has 1 aromatic carbocycles. The number of nitrogens with zero attached hydrogens (tertiary/aromatic N) is 2. The van der Waals surface area contributed by atoms with Crippen LogP contribution in [0.3, 0.4) is 0 Å². The van der Waals surface area contributed by atoms with Crippen molar-refractivity contribution < 1.29 is 14.3 Å². The standard InChI is InChI=1S/C20H26N4O3/c1-3-15(25)24(22)14-11-7-10-13-17(14)18(19(21)26)16(20(23-13)27-2)12-8-5-4-6-9-12/h7,10-12H,3-6,8-9,22H2,1-2H3,(H2,21,26). The van der Waals surface area contributed by atoms with Gasteiger partial charge in [-0.2, -0.15) is 0 Å². The van der Waals surface area contributed by atoms with Crippen LogP contribution < -0.4 is 21.3 Å². The van der Waals surface area contributed by atoms with E-state index in [0.29, 0.717) is 28.0 Å². The lowest BCUT2D eigenvalue weighted by atomic mass is 9.81. The van der Waals surface area contributed by atoms with Crippen LogP contribution in [0.4, 0.5) is 5.69 Å². The van der Waals surface area contributed by atoms with Gasteiger partial charge >= 0.3 is 0 Å². The predicted molar refractivity (Wildman–Crippen MR) is 105 cm³/mol. The third kappa shape index (κ3) is 3.47. The zero-order chi connectivity index (χ0) is 19.6. The number of amides is 2. The Morgan fingerprint density at radius 3 is 2.56 bits per heavy atom. The van der Waals surface area contributed by atoms with Crippen molar-refractivity contribution in [2.75, 3.05) is 12.1 Å². The number of pyridine rings is 1. The molecule has 0 radical (unpaired) electrons. The average molecular weight is 370 g/mol. The molecule has 7 nitrogen and oxygen atoms in total. The number of hydrazine groups is 1. The number of hydrogen-bond donors (Lipinski definition) is 2. The van der Waals surface area contributed by atoms with E-state index < -0.39 is 5.91 Å². The van der Waals surface area contributed by atoms with Crippen LogP contribution >= 0.6 is 0 Å². The fourth-order valence-corrected chi connectivity index (χ4v) is 3.98. The Bertz CT molecular complexity index is 875. The fraction of sp³-hybridized carbons (Fsp3) is 0.450. The first-order chi connectivity index (χ1) is 13.0. The molecule has 0 saturated heterocycles. The van der Waals surface area contributed by atoms with Crippen molar-refractivity contribution in [1.82, 2.24) is 4.98 Å². The Morgan fingerprint density at radius 2 is 1.96 bits per heavy atom. The van der Waals surface area contributed by atoms with E-state index in [1.54, 1.807) is 32.2 Å². The van der Waals surface area contributed by atoms with E-state index in [2.05, 4.69) is 4.98 Å². The SMILES string of the molecule is CCC(=O)N(N)c1cccc2nc(OC)c(C3CCCCC3)c(C(N)=O)c12. The van der Waals surface area contributed by atoms with Crippen LogP contribution in [-0.2, 0) is 4.79 Å². The summed E-state index contributed by atoms with van der Waals surface area (Å²) in [4.78, 5) is 29.4. The van der Waals surface area contributed by atoms with Gasteiger partial charge in [0.2, 0.25) is 17.7 Å². The summed E-state index contributed by atoms with van der Waals surface area (Å²) in [7, 11) is 1.55. The van der Waals surface area contributed by atoms with Crippen molar-refractivity contribution >= 4 is 28.4 Å². The number of carbonyl (C=O) groups is 2. The lowest BCUT2D eigenvalue weighted by Crippen LogP contribution is -2.37. The van der Waals surface area contributed by atoms with Crippen molar-refractivity contribution in [3.8, 4) is 5.88 Å². The molecule has 0 atom stereocenters. The molecule has 0 aliphatic heterocycles. The smallest absolute Gasteiger partial charge is 0.249 e. The minimum absolute atomic E-state index is 0.147. The monoisotopic (exact) mass is 370 g/mol. The maximum atomic E-state index is 12.6. The molecule has 0 bridgehead atoms. The molecular formula is C20H26N4O3. The van der Waals surface area contributed by atoms with E-state index in [1.807, 2.05) is 0 Å². The lowest BCUT2D eigenvalue weighted by molar-refractivity contribution is -0.118. The van der Waals surface area contributed by atoms with Gasteiger partial charge in [-0.3, -0.25) is 9.59 Å². The Balaban J connectivity index is 2.34. The molecule has 1 aliphatic rings. The second-order valence-electron chi connectivity index (χ2n) is 6.90. The molecule has 2 aromatic rings. The zero-order valence-electron chi connectivity index (χ0n) is 15.8. The number of methoxy groups -OCH3 is 1. The molecule has 3 rings (SSSR count). The number of fused-ring (bicyclic) bond motifs is 1. The first-order valence-electron chi connectivity index (χ1n) is 9.37. The molecule has 1 aliphatic carbocycles. The van der Waals surface area contributed by atoms with Crippen LogP contribution in [0.25, 0.3) is 10.9 Å². The van der Waals surface area contributed by atoms with E-state index in [1.165, 1.54) is 6.42 Å². The summed E-state index contributed by atoms with van der Waals surface area (Å²) in [5, 5.41) is 1.59. The third-order valence-corrected chi connectivity index (χ3v) is 5.28. The number of aromatic nitrogens is 1. The van der Waals surface area contributed by atoms with Gasteiger partial charge in [0.05, 0.1) is 23.9 Å². The van der Waals surface area contributed by atoms with Gasteiger partial charge in [-0.25, -0.2) is 15.8 Å². The molecule has 27 heavy (non-hydrogen) atoms. The maximum absolute atomic E-state index is 12.6. The number of anilines is 1. The van der Waals surface area contributed by atoms with E-state index in [0.717, 1.165) is 36.3 Å². The van der Waals surface area contributed by atoms with Crippen LogP contribution in [-0.4, -0.2) is 23.9 Å². The maximum Gasteiger partial charge on any atom is 0.249 e. The highest BCUT2D eigenvalue weighted by atomic mass is 16.5. The normalized spacial score (nSPS) is 14.9. The molecule has 1 heterocycles. The molecule has 1 saturated carbocycles. The second-order valence-corrected chi connectivity index (χ2v) is 6.90. The van der Waals surface area contributed by atoms with Crippen molar-refractivity contribution in [1.29, 1.82) is 0 Å². The van der Waals surface area contributed by atoms with Gasteiger partial charge in [0.1, 0.15) is 0 Å².